The first-order valence-corrected chi connectivity index (χ1v) is 11.3. The molecule has 0 aromatic heterocycles. The number of ether oxygens (including phenoxy) is 1. The van der Waals surface area contributed by atoms with Crippen molar-refractivity contribution >= 4 is 31.0 Å². The van der Waals surface area contributed by atoms with E-state index in [1.54, 1.807) is 63.7 Å². The Labute approximate surface area is 202 Å². The summed E-state index contributed by atoms with van der Waals surface area (Å²) < 4.78 is 5.35. The molecule has 34 heavy (non-hydrogen) atoms. The van der Waals surface area contributed by atoms with E-state index in [9.17, 15) is 14.6 Å². The van der Waals surface area contributed by atoms with Crippen molar-refractivity contribution in [3.8, 4) is 5.75 Å². The minimum atomic E-state index is -0.396. The molecule has 0 unspecified atom stereocenters. The Morgan fingerprint density at radius 2 is 1.97 bits per heavy atom. The van der Waals surface area contributed by atoms with E-state index < -0.39 is 5.91 Å². The molecule has 0 saturated carbocycles. The van der Waals surface area contributed by atoms with Crippen LogP contribution in [0.15, 0.2) is 41.5 Å². The molecule has 2 aromatic carbocycles. The van der Waals surface area contributed by atoms with Gasteiger partial charge in [0.1, 0.15) is 5.75 Å². The minimum Gasteiger partial charge on any atom is -0.496 e. The molecule has 2 rings (SSSR count). The van der Waals surface area contributed by atoms with Crippen molar-refractivity contribution in [3.05, 3.63) is 58.7 Å². The maximum absolute atomic E-state index is 13.7. The van der Waals surface area contributed by atoms with E-state index in [0.29, 0.717) is 39.9 Å². The monoisotopic (exact) mass is 466 g/mol. The molecule has 3 N–H and O–H groups in total. The van der Waals surface area contributed by atoms with Gasteiger partial charge < -0.3 is 15.2 Å². The second-order valence-electron chi connectivity index (χ2n) is 9.09. The van der Waals surface area contributed by atoms with E-state index in [0.717, 1.165) is 0 Å². The fraction of sp³-hybridized carbons (Fsp3) is 0.400. The lowest BCUT2D eigenvalue weighted by molar-refractivity contribution is 0.0284. The maximum Gasteiger partial charge on any atom is 0.305 e. The maximum atomic E-state index is 13.7. The molecule has 0 heterocycles. The second kappa shape index (κ2) is 11.7. The quantitative estimate of drug-likeness (QED) is 0.314. The van der Waals surface area contributed by atoms with Gasteiger partial charge in [0, 0.05) is 23.7 Å². The number of benzene rings is 2. The zero-order valence-electron chi connectivity index (χ0n) is 21.1. The lowest BCUT2D eigenvalue weighted by atomic mass is 9.82. The highest BCUT2D eigenvalue weighted by Gasteiger charge is 2.34. The molecule has 2 aromatic rings. The van der Waals surface area contributed by atoms with Gasteiger partial charge >= 0.3 is 7.48 Å². The van der Waals surface area contributed by atoms with Crippen molar-refractivity contribution in [1.29, 1.82) is 0 Å². The van der Waals surface area contributed by atoms with Crippen LogP contribution in [0.5, 0.6) is 5.75 Å². The molecule has 0 fully saturated rings. The molecular formula is C25H35BN4O4. The van der Waals surface area contributed by atoms with Crippen LogP contribution in [0.4, 0.5) is 0 Å². The summed E-state index contributed by atoms with van der Waals surface area (Å²) in [5, 5.41) is 15.2. The third-order valence-corrected chi connectivity index (χ3v) is 5.78. The number of methoxy groups -OCH3 is 1. The summed E-state index contributed by atoms with van der Waals surface area (Å²) >= 11 is 0. The van der Waals surface area contributed by atoms with E-state index in [4.69, 9.17) is 4.74 Å². The Kier molecular flexibility index (Phi) is 9.26. The lowest BCUT2D eigenvalue weighted by Gasteiger charge is -2.39. The molecule has 0 aliphatic heterocycles. The second-order valence-corrected chi connectivity index (χ2v) is 9.09. The van der Waals surface area contributed by atoms with Gasteiger partial charge in [0.25, 0.3) is 11.8 Å². The Hall–Kier alpha value is -3.33. The van der Waals surface area contributed by atoms with E-state index in [1.807, 2.05) is 27.7 Å². The predicted octanol–water partition coefficient (Wildman–Crippen LogP) is 2.14. The summed E-state index contributed by atoms with van der Waals surface area (Å²) in [6, 6.07) is 9.98. The Morgan fingerprint density at radius 1 is 1.26 bits per heavy atom. The number of carbonyl (C=O) groups excluding carboxylic acids is 2. The van der Waals surface area contributed by atoms with Crippen LogP contribution in [-0.2, 0) is 0 Å². The molecular weight excluding hydrogens is 431 g/mol. The van der Waals surface area contributed by atoms with Crippen LogP contribution in [0, 0.1) is 12.3 Å². The van der Waals surface area contributed by atoms with E-state index in [1.165, 1.54) is 5.01 Å². The molecule has 0 saturated heterocycles. The largest absolute Gasteiger partial charge is 0.496 e. The van der Waals surface area contributed by atoms with Crippen LogP contribution in [0.25, 0.3) is 0 Å². The van der Waals surface area contributed by atoms with Crippen molar-refractivity contribution < 1.29 is 19.3 Å². The lowest BCUT2D eigenvalue weighted by Crippen LogP contribution is -2.56. The Balaban J connectivity index is 2.50. The number of hydrogen-bond acceptors (Lipinski definition) is 6. The van der Waals surface area contributed by atoms with Crippen molar-refractivity contribution in [2.24, 2.45) is 10.5 Å². The highest BCUT2D eigenvalue weighted by atomic mass is 16.5. The topological polar surface area (TPSA) is 103 Å². The van der Waals surface area contributed by atoms with E-state index in [-0.39, 0.29) is 24.8 Å². The number of carbonyl (C=O) groups is 2. The fourth-order valence-electron chi connectivity index (χ4n) is 3.98. The summed E-state index contributed by atoms with van der Waals surface area (Å²) in [4.78, 5) is 27.0. The molecule has 1 atom stereocenters. The van der Waals surface area contributed by atoms with Crippen molar-refractivity contribution in [3.63, 3.8) is 0 Å². The van der Waals surface area contributed by atoms with E-state index >= 15 is 0 Å². The normalized spacial score (nSPS) is 12.2. The first-order chi connectivity index (χ1) is 16.1. The van der Waals surface area contributed by atoms with Crippen LogP contribution in [0.3, 0.4) is 0 Å². The molecule has 182 valence electrons. The first kappa shape index (κ1) is 26.9. The number of hydrazone groups is 1. The zero-order chi connectivity index (χ0) is 25.5. The summed E-state index contributed by atoms with van der Waals surface area (Å²) in [5.41, 5.74) is 7.95. The molecule has 0 aliphatic carbocycles. The van der Waals surface area contributed by atoms with Gasteiger partial charge in [-0.1, -0.05) is 45.9 Å². The predicted molar refractivity (Wildman–Crippen MR) is 137 cm³/mol. The standard InChI is InChI=1S/C25H35BN4O4/c1-8-22(25(3,4)5)30(29-23(31)19-10-9-11-21(34-7)16(19)2)24(32)17-12-13-18(15-28-27-6)20(14-17)26-33/h9-15,22,26-27,33H,8H2,1-7H3,(H,29,31)/b28-15-/t22-/m1/s1. The van der Waals surface area contributed by atoms with Crippen LogP contribution < -0.4 is 21.1 Å². The molecule has 0 bridgehead atoms. The van der Waals surface area contributed by atoms with Crippen molar-refractivity contribution in [2.75, 3.05) is 14.2 Å². The van der Waals surface area contributed by atoms with Gasteiger partial charge in [-0.25, -0.2) is 5.01 Å². The Bertz CT molecular complexity index is 1050. The number of rotatable bonds is 8. The van der Waals surface area contributed by atoms with Crippen LogP contribution in [0.1, 0.15) is 66.0 Å². The minimum absolute atomic E-state index is 0.252. The summed E-state index contributed by atoms with van der Waals surface area (Å²) in [6.45, 7) is 9.87. The molecule has 8 nitrogen and oxygen atoms in total. The summed E-state index contributed by atoms with van der Waals surface area (Å²) in [6.07, 6.45) is 2.21. The Morgan fingerprint density at radius 3 is 2.53 bits per heavy atom. The van der Waals surface area contributed by atoms with Crippen molar-refractivity contribution in [2.45, 2.75) is 47.1 Å². The van der Waals surface area contributed by atoms with E-state index in [2.05, 4.69) is 16.0 Å². The molecule has 0 spiro atoms. The zero-order valence-corrected chi connectivity index (χ0v) is 21.1. The van der Waals surface area contributed by atoms with Crippen LogP contribution in [-0.4, -0.2) is 55.7 Å². The molecule has 2 amide bonds. The van der Waals surface area contributed by atoms with Crippen molar-refractivity contribution in [1.82, 2.24) is 15.9 Å². The SMILES string of the molecule is CC[C@@H](N(NC(=O)c1cccc(OC)c1C)C(=O)c1ccc(/C=N\NC)c(BO)c1)C(C)(C)C. The summed E-state index contributed by atoms with van der Waals surface area (Å²) in [5.74, 6) is -0.158. The molecule has 9 heteroatoms. The average molecular weight is 466 g/mol. The highest BCUT2D eigenvalue weighted by molar-refractivity contribution is 6.47. The van der Waals surface area contributed by atoms with Gasteiger partial charge in [-0.05, 0) is 48.0 Å². The van der Waals surface area contributed by atoms with Gasteiger partial charge in [0.2, 0.25) is 0 Å². The van der Waals surface area contributed by atoms with Gasteiger partial charge in [-0.15, -0.1) is 0 Å². The number of nitrogens with one attached hydrogen (secondary N) is 2. The van der Waals surface area contributed by atoms with Gasteiger partial charge in [-0.3, -0.25) is 15.0 Å². The highest BCUT2D eigenvalue weighted by Crippen LogP contribution is 2.28. The third-order valence-electron chi connectivity index (χ3n) is 5.78. The first-order valence-electron chi connectivity index (χ1n) is 11.3. The van der Waals surface area contributed by atoms with Gasteiger partial charge in [0.15, 0.2) is 0 Å². The smallest absolute Gasteiger partial charge is 0.305 e. The molecule has 0 aliphatic rings. The van der Waals surface area contributed by atoms with Gasteiger partial charge in [0.05, 0.1) is 19.4 Å². The molecule has 0 radical (unpaired) electrons. The number of amides is 2. The van der Waals surface area contributed by atoms with Gasteiger partial charge in [-0.2, -0.15) is 5.10 Å². The number of nitrogens with zero attached hydrogens (tertiary/aromatic N) is 2. The average Bonchev–Trinajstić information content (AvgIpc) is 2.81. The number of hydrazine groups is 1. The third kappa shape index (κ3) is 6.17. The summed E-state index contributed by atoms with van der Waals surface area (Å²) in [7, 11) is 2.98. The van der Waals surface area contributed by atoms with Crippen LogP contribution >= 0.6 is 0 Å². The number of hydrogen-bond donors (Lipinski definition) is 3. The fourth-order valence-corrected chi connectivity index (χ4v) is 3.98. The van der Waals surface area contributed by atoms with Crippen LogP contribution in [0.2, 0.25) is 0 Å².